The molecule has 5 heteroatoms. The van der Waals surface area contributed by atoms with Crippen LogP contribution in [0.5, 0.6) is 5.75 Å². The van der Waals surface area contributed by atoms with Crippen LogP contribution >= 0.6 is 11.5 Å². The Kier molecular flexibility index (Phi) is 3.47. The van der Waals surface area contributed by atoms with Crippen molar-refractivity contribution in [2.75, 3.05) is 19.8 Å². The minimum Gasteiger partial charge on any atom is -0.491 e. The van der Waals surface area contributed by atoms with Crippen molar-refractivity contribution in [3.63, 3.8) is 0 Å². The fourth-order valence-corrected chi connectivity index (χ4v) is 1.80. The molecule has 0 fully saturated rings. The Labute approximate surface area is 92.0 Å². The average molecular weight is 224 g/mol. The molecule has 1 aromatic heterocycles. The van der Waals surface area contributed by atoms with Crippen molar-refractivity contribution >= 4 is 21.7 Å². The number of aromatic nitrogens is 2. The van der Waals surface area contributed by atoms with E-state index in [4.69, 9.17) is 9.47 Å². The number of hydrogen-bond donors (Lipinski definition) is 0. The van der Waals surface area contributed by atoms with Gasteiger partial charge in [0.2, 0.25) is 0 Å². The average Bonchev–Trinajstić information content (AvgIpc) is 2.71. The molecular weight excluding hydrogens is 212 g/mol. The van der Waals surface area contributed by atoms with Crippen molar-refractivity contribution in [1.29, 1.82) is 0 Å². The first-order valence-electron chi connectivity index (χ1n) is 4.83. The zero-order valence-corrected chi connectivity index (χ0v) is 9.29. The van der Waals surface area contributed by atoms with Crippen LogP contribution in [0.15, 0.2) is 18.2 Å². The lowest BCUT2D eigenvalue weighted by molar-refractivity contribution is 0.110. The van der Waals surface area contributed by atoms with E-state index < -0.39 is 0 Å². The van der Waals surface area contributed by atoms with Crippen LogP contribution in [0.2, 0.25) is 0 Å². The van der Waals surface area contributed by atoms with Crippen molar-refractivity contribution in [2.24, 2.45) is 0 Å². The summed E-state index contributed by atoms with van der Waals surface area (Å²) in [4.78, 5) is 0. The smallest absolute Gasteiger partial charge is 0.121 e. The third kappa shape index (κ3) is 2.64. The third-order valence-corrected chi connectivity index (χ3v) is 2.61. The second kappa shape index (κ2) is 5.04. The van der Waals surface area contributed by atoms with Gasteiger partial charge in [-0.05, 0) is 30.6 Å². The van der Waals surface area contributed by atoms with Crippen LogP contribution in [-0.4, -0.2) is 29.4 Å². The summed E-state index contributed by atoms with van der Waals surface area (Å²) in [6.07, 6.45) is 0. The van der Waals surface area contributed by atoms with Crippen molar-refractivity contribution in [3.8, 4) is 5.75 Å². The first-order chi connectivity index (χ1) is 7.40. The lowest BCUT2D eigenvalue weighted by Crippen LogP contribution is -2.05. The predicted octanol–water partition coefficient (Wildman–Crippen LogP) is 2.11. The molecule has 15 heavy (non-hydrogen) atoms. The zero-order valence-electron chi connectivity index (χ0n) is 8.47. The van der Waals surface area contributed by atoms with Crippen LogP contribution < -0.4 is 4.74 Å². The van der Waals surface area contributed by atoms with Gasteiger partial charge in [-0.3, -0.25) is 0 Å². The molecule has 0 saturated heterocycles. The van der Waals surface area contributed by atoms with E-state index in [1.165, 1.54) is 11.5 Å². The summed E-state index contributed by atoms with van der Waals surface area (Å²) in [5.74, 6) is 0.841. The molecule has 4 nitrogen and oxygen atoms in total. The maximum Gasteiger partial charge on any atom is 0.121 e. The molecule has 0 spiro atoms. The zero-order chi connectivity index (χ0) is 10.5. The maximum atomic E-state index is 5.51. The van der Waals surface area contributed by atoms with E-state index in [0.29, 0.717) is 13.2 Å². The van der Waals surface area contributed by atoms with Gasteiger partial charge in [0.15, 0.2) is 0 Å². The highest BCUT2D eigenvalue weighted by Gasteiger charge is 2.00. The van der Waals surface area contributed by atoms with E-state index in [9.17, 15) is 0 Å². The van der Waals surface area contributed by atoms with Crippen molar-refractivity contribution in [3.05, 3.63) is 18.2 Å². The van der Waals surface area contributed by atoms with Crippen LogP contribution in [0.1, 0.15) is 6.92 Å². The maximum absolute atomic E-state index is 5.51. The van der Waals surface area contributed by atoms with E-state index in [2.05, 4.69) is 9.59 Å². The lowest BCUT2D eigenvalue weighted by atomic mass is 10.3. The Hall–Kier alpha value is -1.20. The van der Waals surface area contributed by atoms with Crippen LogP contribution in [0, 0.1) is 0 Å². The number of hydrogen-bond acceptors (Lipinski definition) is 5. The fraction of sp³-hybridized carbons (Fsp3) is 0.400. The van der Waals surface area contributed by atoms with Crippen molar-refractivity contribution in [1.82, 2.24) is 9.59 Å². The Balaban J connectivity index is 1.96. The topological polar surface area (TPSA) is 44.2 Å². The molecule has 1 heterocycles. The highest BCUT2D eigenvalue weighted by Crippen LogP contribution is 2.21. The molecule has 0 amide bonds. The molecule has 80 valence electrons. The molecule has 0 aliphatic rings. The van der Waals surface area contributed by atoms with Crippen LogP contribution in [0.25, 0.3) is 10.2 Å². The second-order valence-electron chi connectivity index (χ2n) is 2.95. The van der Waals surface area contributed by atoms with Gasteiger partial charge in [0.1, 0.15) is 17.9 Å². The molecule has 0 saturated carbocycles. The van der Waals surface area contributed by atoms with Crippen molar-refractivity contribution in [2.45, 2.75) is 6.92 Å². The Morgan fingerprint density at radius 3 is 3.13 bits per heavy atom. The number of nitrogens with zero attached hydrogens (tertiary/aromatic N) is 2. The fourth-order valence-electron chi connectivity index (χ4n) is 1.21. The molecule has 0 radical (unpaired) electrons. The molecule has 0 unspecified atom stereocenters. The van der Waals surface area contributed by atoms with E-state index in [-0.39, 0.29) is 0 Å². The Morgan fingerprint density at radius 1 is 1.33 bits per heavy atom. The summed E-state index contributed by atoms with van der Waals surface area (Å²) in [6.45, 7) is 3.89. The normalized spacial score (nSPS) is 10.7. The molecular formula is C10H12N2O2S. The summed E-state index contributed by atoms with van der Waals surface area (Å²) in [5.41, 5.74) is 0.914. The SMILES string of the molecule is CCOCCOc1ccc2nnsc2c1. The molecule has 1 aromatic carbocycles. The lowest BCUT2D eigenvalue weighted by Gasteiger charge is -2.05. The summed E-state index contributed by atoms with van der Waals surface area (Å²) in [5, 5.41) is 3.96. The van der Waals surface area contributed by atoms with Crippen molar-refractivity contribution < 1.29 is 9.47 Å². The first kappa shape index (κ1) is 10.3. The number of benzene rings is 1. The van der Waals surface area contributed by atoms with Gasteiger partial charge < -0.3 is 9.47 Å². The molecule has 0 aliphatic heterocycles. The molecule has 2 rings (SSSR count). The minimum atomic E-state index is 0.575. The van der Waals surface area contributed by atoms with Gasteiger partial charge in [-0.2, -0.15) is 0 Å². The largest absolute Gasteiger partial charge is 0.491 e. The number of ether oxygens (including phenoxy) is 2. The van der Waals surface area contributed by atoms with E-state index in [0.717, 1.165) is 22.6 Å². The van der Waals surface area contributed by atoms with Crippen LogP contribution in [-0.2, 0) is 4.74 Å². The minimum absolute atomic E-state index is 0.575. The summed E-state index contributed by atoms with van der Waals surface area (Å²) < 4.78 is 15.6. The summed E-state index contributed by atoms with van der Waals surface area (Å²) in [6, 6.07) is 5.76. The molecule has 0 aliphatic carbocycles. The molecule has 2 aromatic rings. The third-order valence-electron chi connectivity index (χ3n) is 1.92. The molecule has 0 N–H and O–H groups in total. The molecule has 0 atom stereocenters. The van der Waals surface area contributed by atoms with E-state index in [1.807, 2.05) is 25.1 Å². The number of rotatable bonds is 5. The van der Waals surface area contributed by atoms with Gasteiger partial charge in [-0.1, -0.05) is 4.49 Å². The van der Waals surface area contributed by atoms with Gasteiger partial charge in [-0.25, -0.2) is 0 Å². The van der Waals surface area contributed by atoms with Gasteiger partial charge in [0.05, 0.1) is 11.3 Å². The molecule has 0 bridgehead atoms. The predicted molar refractivity (Wildman–Crippen MR) is 59.4 cm³/mol. The van der Waals surface area contributed by atoms with Gasteiger partial charge in [0.25, 0.3) is 0 Å². The van der Waals surface area contributed by atoms with Gasteiger partial charge in [0, 0.05) is 12.7 Å². The van der Waals surface area contributed by atoms with E-state index in [1.54, 1.807) is 0 Å². The van der Waals surface area contributed by atoms with Gasteiger partial charge >= 0.3 is 0 Å². The highest BCUT2D eigenvalue weighted by atomic mass is 32.1. The standard InChI is InChI=1S/C10H12N2O2S/c1-2-13-5-6-14-8-3-4-9-10(7-8)15-12-11-9/h3-4,7H,2,5-6H2,1H3. The quantitative estimate of drug-likeness (QED) is 0.730. The van der Waals surface area contributed by atoms with Gasteiger partial charge in [-0.15, -0.1) is 5.10 Å². The van der Waals surface area contributed by atoms with Crippen LogP contribution in [0.3, 0.4) is 0 Å². The number of fused-ring (bicyclic) bond motifs is 1. The Bertz CT molecular complexity index is 430. The monoisotopic (exact) mass is 224 g/mol. The Morgan fingerprint density at radius 2 is 2.27 bits per heavy atom. The summed E-state index contributed by atoms with van der Waals surface area (Å²) in [7, 11) is 0. The first-order valence-corrected chi connectivity index (χ1v) is 5.60. The van der Waals surface area contributed by atoms with Crippen LogP contribution in [0.4, 0.5) is 0 Å². The second-order valence-corrected chi connectivity index (χ2v) is 3.73. The highest BCUT2D eigenvalue weighted by molar-refractivity contribution is 7.12. The summed E-state index contributed by atoms with van der Waals surface area (Å²) >= 11 is 1.37. The van der Waals surface area contributed by atoms with E-state index >= 15 is 0 Å².